The van der Waals surface area contributed by atoms with Crippen molar-refractivity contribution in [3.63, 3.8) is 0 Å². The molecule has 5 heteroatoms. The number of carbonyl (C=O) groups excluding carboxylic acids is 1. The Balaban J connectivity index is 1.28. The number of fused-ring (bicyclic) bond motifs is 1. The molecule has 5 nitrogen and oxygen atoms in total. The number of hydrogen-bond acceptors (Lipinski definition) is 4. The molecule has 5 rings (SSSR count). The smallest absolute Gasteiger partial charge is 0.254 e. The molecule has 1 N–H and O–H groups in total. The maximum Gasteiger partial charge on any atom is 0.254 e. The zero-order valence-electron chi connectivity index (χ0n) is 18.2. The summed E-state index contributed by atoms with van der Waals surface area (Å²) >= 11 is 0. The van der Waals surface area contributed by atoms with Gasteiger partial charge in [0.25, 0.3) is 5.91 Å². The van der Waals surface area contributed by atoms with E-state index in [4.69, 9.17) is 4.74 Å². The minimum atomic E-state index is 0.139. The first-order chi connectivity index (χ1) is 15.3. The molecular formula is C26H33N3O2. The Hall–Kier alpha value is -2.37. The Morgan fingerprint density at radius 2 is 1.90 bits per heavy atom. The fourth-order valence-corrected chi connectivity index (χ4v) is 5.62. The van der Waals surface area contributed by atoms with Gasteiger partial charge in [-0.05, 0) is 62.7 Å². The van der Waals surface area contributed by atoms with Crippen LogP contribution < -0.4 is 10.1 Å². The number of carbonyl (C=O) groups is 1. The van der Waals surface area contributed by atoms with Crippen LogP contribution in [0, 0.1) is 5.92 Å². The third kappa shape index (κ3) is 4.48. The molecule has 0 spiro atoms. The average Bonchev–Trinajstić information content (AvgIpc) is 3.48. The topological polar surface area (TPSA) is 44.8 Å². The number of benzene rings is 2. The van der Waals surface area contributed by atoms with Gasteiger partial charge in [0.05, 0.1) is 0 Å². The first-order valence-corrected chi connectivity index (χ1v) is 11.8. The first-order valence-electron chi connectivity index (χ1n) is 11.8. The Morgan fingerprint density at radius 3 is 2.74 bits per heavy atom. The average molecular weight is 420 g/mol. The van der Waals surface area contributed by atoms with E-state index in [1.54, 1.807) is 0 Å². The quantitative estimate of drug-likeness (QED) is 0.780. The lowest BCUT2D eigenvalue weighted by molar-refractivity contribution is 0.0697. The summed E-state index contributed by atoms with van der Waals surface area (Å²) in [5.41, 5.74) is 2.08. The maximum absolute atomic E-state index is 13.6. The third-order valence-electron chi connectivity index (χ3n) is 7.25. The van der Waals surface area contributed by atoms with E-state index in [2.05, 4.69) is 45.4 Å². The van der Waals surface area contributed by atoms with Crippen LogP contribution in [0.2, 0.25) is 0 Å². The van der Waals surface area contributed by atoms with Crippen LogP contribution in [-0.2, 0) is 0 Å². The number of rotatable bonds is 6. The predicted molar refractivity (Wildman–Crippen MR) is 123 cm³/mol. The molecule has 31 heavy (non-hydrogen) atoms. The summed E-state index contributed by atoms with van der Waals surface area (Å²) in [4.78, 5) is 18.1. The van der Waals surface area contributed by atoms with Gasteiger partial charge in [0.2, 0.25) is 0 Å². The molecule has 0 aromatic heterocycles. The van der Waals surface area contributed by atoms with E-state index in [0.717, 1.165) is 43.9 Å². The van der Waals surface area contributed by atoms with Gasteiger partial charge in [-0.25, -0.2) is 0 Å². The van der Waals surface area contributed by atoms with E-state index in [1.165, 1.54) is 31.5 Å². The normalized spacial score (nSPS) is 26.1. The van der Waals surface area contributed by atoms with Gasteiger partial charge in [-0.15, -0.1) is 0 Å². The summed E-state index contributed by atoms with van der Waals surface area (Å²) in [6.45, 7) is 6.74. The summed E-state index contributed by atoms with van der Waals surface area (Å²) in [6, 6.07) is 18.8. The molecule has 3 heterocycles. The van der Waals surface area contributed by atoms with Crippen molar-refractivity contribution in [1.29, 1.82) is 0 Å². The van der Waals surface area contributed by atoms with Crippen LogP contribution >= 0.6 is 0 Å². The molecule has 0 radical (unpaired) electrons. The third-order valence-corrected chi connectivity index (χ3v) is 7.25. The molecule has 2 aromatic carbocycles. The highest BCUT2D eigenvalue weighted by molar-refractivity contribution is 5.95. The van der Waals surface area contributed by atoms with E-state index < -0.39 is 0 Å². The monoisotopic (exact) mass is 419 g/mol. The fourth-order valence-electron chi connectivity index (χ4n) is 5.62. The van der Waals surface area contributed by atoms with Crippen LogP contribution in [0.3, 0.4) is 0 Å². The fraction of sp³-hybridized carbons (Fsp3) is 0.500. The van der Waals surface area contributed by atoms with Gasteiger partial charge in [-0.2, -0.15) is 0 Å². The molecule has 0 aliphatic carbocycles. The Kier molecular flexibility index (Phi) is 6.23. The van der Waals surface area contributed by atoms with Crippen LogP contribution in [0.1, 0.15) is 41.1 Å². The maximum atomic E-state index is 13.6. The molecule has 3 fully saturated rings. The summed E-state index contributed by atoms with van der Waals surface area (Å²) < 4.78 is 6.00. The highest BCUT2D eigenvalue weighted by atomic mass is 16.5. The van der Waals surface area contributed by atoms with Crippen LogP contribution in [0.15, 0.2) is 54.6 Å². The van der Waals surface area contributed by atoms with Crippen molar-refractivity contribution in [2.45, 2.75) is 31.2 Å². The second kappa shape index (κ2) is 9.41. The van der Waals surface area contributed by atoms with Crippen molar-refractivity contribution < 1.29 is 9.53 Å². The number of nitrogens with zero attached hydrogens (tertiary/aromatic N) is 2. The summed E-state index contributed by atoms with van der Waals surface area (Å²) in [7, 11) is 0. The lowest BCUT2D eigenvalue weighted by Crippen LogP contribution is -2.46. The Morgan fingerprint density at radius 1 is 1.06 bits per heavy atom. The number of hydrogen-bond donors (Lipinski definition) is 1. The SMILES string of the molecule is O=C(c1cccc(OCCN2CCCC2)c1)N1C[C@@H](c2ccccc2)[C@@H]2CNCC[C@@H]21. The van der Waals surface area contributed by atoms with Crippen molar-refractivity contribution in [3.05, 3.63) is 65.7 Å². The van der Waals surface area contributed by atoms with Gasteiger partial charge in [0.1, 0.15) is 12.4 Å². The number of likely N-dealkylation sites (tertiary alicyclic amines) is 2. The largest absolute Gasteiger partial charge is 0.492 e. The summed E-state index contributed by atoms with van der Waals surface area (Å²) in [6.07, 6.45) is 3.61. The van der Waals surface area contributed by atoms with Crippen LogP contribution in [-0.4, -0.2) is 67.6 Å². The van der Waals surface area contributed by atoms with Crippen LogP contribution in [0.4, 0.5) is 0 Å². The molecule has 3 atom stereocenters. The molecule has 0 saturated carbocycles. The van der Waals surface area contributed by atoms with Gasteiger partial charge in [0.15, 0.2) is 0 Å². The van der Waals surface area contributed by atoms with Gasteiger partial charge in [-0.3, -0.25) is 9.69 Å². The highest BCUT2D eigenvalue weighted by Gasteiger charge is 2.45. The molecule has 3 aliphatic heterocycles. The number of piperidine rings is 1. The lowest BCUT2D eigenvalue weighted by atomic mass is 9.82. The van der Waals surface area contributed by atoms with Crippen molar-refractivity contribution in [1.82, 2.24) is 15.1 Å². The predicted octanol–water partition coefficient (Wildman–Crippen LogP) is 3.38. The zero-order valence-corrected chi connectivity index (χ0v) is 18.2. The van der Waals surface area contributed by atoms with Crippen molar-refractivity contribution in [2.75, 3.05) is 45.9 Å². The van der Waals surface area contributed by atoms with E-state index in [-0.39, 0.29) is 5.91 Å². The van der Waals surface area contributed by atoms with Crippen molar-refractivity contribution in [2.24, 2.45) is 5.92 Å². The van der Waals surface area contributed by atoms with E-state index in [0.29, 0.717) is 24.5 Å². The number of amides is 1. The second-order valence-electron chi connectivity index (χ2n) is 9.12. The second-order valence-corrected chi connectivity index (χ2v) is 9.12. The van der Waals surface area contributed by atoms with Gasteiger partial charge in [0, 0.05) is 43.1 Å². The van der Waals surface area contributed by atoms with Gasteiger partial charge >= 0.3 is 0 Å². The van der Waals surface area contributed by atoms with Crippen molar-refractivity contribution in [3.8, 4) is 5.75 Å². The molecular weight excluding hydrogens is 386 g/mol. The molecule has 2 aromatic rings. The molecule has 164 valence electrons. The zero-order chi connectivity index (χ0) is 21.0. The minimum absolute atomic E-state index is 0.139. The standard InChI is InChI=1S/C26H33N3O2/c30-26(21-9-6-10-22(17-21)31-16-15-28-13-4-5-14-28)29-19-24(20-7-2-1-3-8-20)23-18-27-12-11-25(23)29/h1-3,6-10,17,23-25,27H,4-5,11-16,18-19H2/t23-,24-,25-/m0/s1. The van der Waals surface area contributed by atoms with Crippen LogP contribution in [0.25, 0.3) is 0 Å². The highest BCUT2D eigenvalue weighted by Crippen LogP contribution is 2.40. The number of ether oxygens (including phenoxy) is 1. The minimum Gasteiger partial charge on any atom is -0.492 e. The molecule has 0 bridgehead atoms. The first kappa shape index (κ1) is 20.5. The van der Waals surface area contributed by atoms with Gasteiger partial charge < -0.3 is 15.0 Å². The Bertz CT molecular complexity index is 881. The van der Waals surface area contributed by atoms with Crippen LogP contribution in [0.5, 0.6) is 5.75 Å². The number of nitrogens with one attached hydrogen (secondary N) is 1. The van der Waals surface area contributed by atoms with E-state index >= 15 is 0 Å². The molecule has 1 amide bonds. The Labute approximate surface area is 185 Å². The molecule has 0 unspecified atom stereocenters. The van der Waals surface area contributed by atoms with E-state index in [1.807, 2.05) is 24.3 Å². The van der Waals surface area contributed by atoms with Crippen molar-refractivity contribution >= 4 is 5.91 Å². The summed E-state index contributed by atoms with van der Waals surface area (Å²) in [5.74, 6) is 1.80. The molecule has 3 saturated heterocycles. The van der Waals surface area contributed by atoms with E-state index in [9.17, 15) is 4.79 Å². The summed E-state index contributed by atoms with van der Waals surface area (Å²) in [5, 5.41) is 3.55. The molecule has 3 aliphatic rings. The lowest BCUT2D eigenvalue weighted by Gasteiger charge is -2.33. The van der Waals surface area contributed by atoms with Gasteiger partial charge in [-0.1, -0.05) is 36.4 Å².